The fraction of sp³-hybridized carbons (Fsp3) is 0.667. The molecule has 1 aromatic carbocycles. The molecule has 1 atom stereocenters. The number of rotatable bonds is 5. The van der Waals surface area contributed by atoms with Crippen molar-refractivity contribution >= 4 is 0 Å². The Balaban J connectivity index is 2.19. The highest BCUT2D eigenvalue weighted by Gasteiger charge is 2.31. The first-order chi connectivity index (χ1) is 9.66. The Morgan fingerprint density at radius 3 is 2.55 bits per heavy atom. The maximum Gasteiger partial charge on any atom is 0.119 e. The largest absolute Gasteiger partial charge is 0.491 e. The van der Waals surface area contributed by atoms with Gasteiger partial charge in [0.05, 0.1) is 6.10 Å². The first kappa shape index (κ1) is 15.4. The molecule has 0 amide bonds. The van der Waals surface area contributed by atoms with Crippen molar-refractivity contribution in [3.05, 3.63) is 29.8 Å². The van der Waals surface area contributed by atoms with Gasteiger partial charge >= 0.3 is 0 Å². The first-order valence-electron chi connectivity index (χ1n) is 8.18. The molecule has 0 aromatic heterocycles. The summed E-state index contributed by atoms with van der Waals surface area (Å²) in [6.45, 7) is 7.56. The summed E-state index contributed by atoms with van der Waals surface area (Å²) in [4.78, 5) is 0. The van der Waals surface area contributed by atoms with Gasteiger partial charge < -0.3 is 10.1 Å². The normalized spacial score (nSPS) is 23.6. The highest BCUT2D eigenvalue weighted by Crippen LogP contribution is 2.35. The number of benzene rings is 1. The zero-order valence-electron chi connectivity index (χ0n) is 13.2. The quantitative estimate of drug-likeness (QED) is 0.845. The van der Waals surface area contributed by atoms with Crippen molar-refractivity contribution in [1.29, 1.82) is 0 Å². The smallest absolute Gasteiger partial charge is 0.119 e. The van der Waals surface area contributed by atoms with Crippen LogP contribution in [0.5, 0.6) is 5.75 Å². The van der Waals surface area contributed by atoms with Crippen molar-refractivity contribution < 1.29 is 4.74 Å². The number of ether oxygens (including phenoxy) is 1. The molecule has 0 aliphatic carbocycles. The van der Waals surface area contributed by atoms with Crippen molar-refractivity contribution in [2.75, 3.05) is 6.54 Å². The summed E-state index contributed by atoms with van der Waals surface area (Å²) < 4.78 is 5.75. The van der Waals surface area contributed by atoms with E-state index >= 15 is 0 Å². The molecule has 20 heavy (non-hydrogen) atoms. The van der Waals surface area contributed by atoms with Crippen LogP contribution < -0.4 is 10.1 Å². The molecule has 2 rings (SSSR count). The Kier molecular flexibility index (Phi) is 5.47. The van der Waals surface area contributed by atoms with Gasteiger partial charge in [0.25, 0.3) is 0 Å². The van der Waals surface area contributed by atoms with E-state index in [0.29, 0.717) is 0 Å². The molecule has 1 N–H and O–H groups in total. The Hall–Kier alpha value is -1.02. The van der Waals surface area contributed by atoms with Crippen LogP contribution in [-0.4, -0.2) is 12.6 Å². The highest BCUT2D eigenvalue weighted by molar-refractivity contribution is 5.32. The minimum Gasteiger partial charge on any atom is -0.491 e. The second-order valence-corrected chi connectivity index (χ2v) is 6.26. The molecular formula is C18H29NO. The van der Waals surface area contributed by atoms with Crippen molar-refractivity contribution in [1.82, 2.24) is 5.32 Å². The van der Waals surface area contributed by atoms with E-state index in [9.17, 15) is 0 Å². The summed E-state index contributed by atoms with van der Waals surface area (Å²) >= 11 is 0. The minimum absolute atomic E-state index is 0.182. The second-order valence-electron chi connectivity index (χ2n) is 6.26. The van der Waals surface area contributed by atoms with Crippen molar-refractivity contribution in [3.8, 4) is 5.75 Å². The molecule has 1 unspecified atom stereocenters. The van der Waals surface area contributed by atoms with Gasteiger partial charge in [-0.05, 0) is 57.4 Å². The lowest BCUT2D eigenvalue weighted by atomic mass is 9.82. The molecular weight excluding hydrogens is 246 g/mol. The molecule has 1 heterocycles. The molecule has 0 bridgehead atoms. The lowest BCUT2D eigenvalue weighted by Crippen LogP contribution is -2.41. The molecule has 0 radical (unpaired) electrons. The van der Waals surface area contributed by atoms with Gasteiger partial charge in [0.15, 0.2) is 0 Å². The standard InChI is InChI=1S/C18H29NO/c1-4-12-18(13-6-5-7-14-19-18)16-8-10-17(11-9-16)20-15(2)3/h8-11,15,19H,4-7,12-14H2,1-3H3. The molecule has 0 saturated carbocycles. The molecule has 1 fully saturated rings. The summed E-state index contributed by atoms with van der Waals surface area (Å²) in [6.07, 6.45) is 7.92. The Morgan fingerprint density at radius 1 is 1.15 bits per heavy atom. The Labute approximate surface area is 123 Å². The van der Waals surface area contributed by atoms with Gasteiger partial charge in [-0.1, -0.05) is 38.3 Å². The molecule has 112 valence electrons. The summed E-state index contributed by atoms with van der Waals surface area (Å²) in [5, 5.41) is 3.83. The number of nitrogens with one attached hydrogen (secondary N) is 1. The minimum atomic E-state index is 0.182. The van der Waals surface area contributed by atoms with E-state index in [1.54, 1.807) is 0 Å². The third-order valence-electron chi connectivity index (χ3n) is 4.20. The number of hydrogen-bond donors (Lipinski definition) is 1. The Bertz CT molecular complexity index is 388. The van der Waals surface area contributed by atoms with Gasteiger partial charge in [-0.15, -0.1) is 0 Å². The molecule has 1 aliphatic heterocycles. The zero-order chi connectivity index (χ0) is 14.4. The van der Waals surface area contributed by atoms with Gasteiger partial charge in [0, 0.05) is 5.54 Å². The fourth-order valence-electron chi connectivity index (χ4n) is 3.30. The van der Waals surface area contributed by atoms with E-state index in [0.717, 1.165) is 12.3 Å². The molecule has 1 aliphatic rings. The fourth-order valence-corrected chi connectivity index (χ4v) is 3.30. The van der Waals surface area contributed by atoms with Crippen LogP contribution in [0, 0.1) is 0 Å². The van der Waals surface area contributed by atoms with Crippen LogP contribution in [0.1, 0.15) is 64.9 Å². The lowest BCUT2D eigenvalue weighted by Gasteiger charge is -2.34. The van der Waals surface area contributed by atoms with E-state index < -0.39 is 0 Å². The molecule has 2 heteroatoms. The summed E-state index contributed by atoms with van der Waals surface area (Å²) in [7, 11) is 0. The van der Waals surface area contributed by atoms with E-state index in [4.69, 9.17) is 4.74 Å². The Morgan fingerprint density at radius 2 is 1.90 bits per heavy atom. The van der Waals surface area contributed by atoms with Crippen LogP contribution in [-0.2, 0) is 5.54 Å². The van der Waals surface area contributed by atoms with Crippen molar-refractivity contribution in [3.63, 3.8) is 0 Å². The third-order valence-corrected chi connectivity index (χ3v) is 4.20. The van der Waals surface area contributed by atoms with Crippen LogP contribution in [0.15, 0.2) is 24.3 Å². The van der Waals surface area contributed by atoms with Gasteiger partial charge in [0.1, 0.15) is 5.75 Å². The maximum atomic E-state index is 5.75. The van der Waals surface area contributed by atoms with Gasteiger partial charge in [0.2, 0.25) is 0 Å². The monoisotopic (exact) mass is 275 g/mol. The predicted octanol–water partition coefficient (Wildman–Crippen LogP) is 4.63. The maximum absolute atomic E-state index is 5.75. The van der Waals surface area contributed by atoms with Gasteiger partial charge in [-0.2, -0.15) is 0 Å². The summed E-state index contributed by atoms with van der Waals surface area (Å²) in [5.74, 6) is 0.976. The highest BCUT2D eigenvalue weighted by atomic mass is 16.5. The van der Waals surface area contributed by atoms with E-state index in [-0.39, 0.29) is 11.6 Å². The van der Waals surface area contributed by atoms with Crippen LogP contribution in [0.25, 0.3) is 0 Å². The average molecular weight is 275 g/mol. The van der Waals surface area contributed by atoms with E-state index in [1.807, 2.05) is 0 Å². The van der Waals surface area contributed by atoms with Gasteiger partial charge in [-0.3, -0.25) is 0 Å². The predicted molar refractivity (Wildman–Crippen MR) is 85.3 cm³/mol. The summed E-state index contributed by atoms with van der Waals surface area (Å²) in [5.41, 5.74) is 1.61. The van der Waals surface area contributed by atoms with E-state index in [1.165, 1.54) is 44.1 Å². The van der Waals surface area contributed by atoms with Crippen molar-refractivity contribution in [2.24, 2.45) is 0 Å². The van der Waals surface area contributed by atoms with Crippen LogP contribution in [0.3, 0.4) is 0 Å². The topological polar surface area (TPSA) is 21.3 Å². The van der Waals surface area contributed by atoms with Crippen molar-refractivity contribution in [2.45, 2.75) is 70.9 Å². The SMILES string of the molecule is CCCC1(c2ccc(OC(C)C)cc2)CCCCCN1. The summed E-state index contributed by atoms with van der Waals surface area (Å²) in [6, 6.07) is 8.76. The molecule has 1 aromatic rings. The third kappa shape index (κ3) is 3.76. The van der Waals surface area contributed by atoms with Crippen LogP contribution >= 0.6 is 0 Å². The average Bonchev–Trinajstić information content (AvgIpc) is 2.66. The van der Waals surface area contributed by atoms with Gasteiger partial charge in [-0.25, -0.2) is 0 Å². The lowest BCUT2D eigenvalue weighted by molar-refractivity contribution is 0.241. The molecule has 2 nitrogen and oxygen atoms in total. The molecule has 1 saturated heterocycles. The first-order valence-corrected chi connectivity index (χ1v) is 8.18. The number of hydrogen-bond acceptors (Lipinski definition) is 2. The van der Waals surface area contributed by atoms with E-state index in [2.05, 4.69) is 50.4 Å². The van der Waals surface area contributed by atoms with Crippen LogP contribution in [0.4, 0.5) is 0 Å². The zero-order valence-corrected chi connectivity index (χ0v) is 13.2. The second kappa shape index (κ2) is 7.12. The molecule has 0 spiro atoms. The van der Waals surface area contributed by atoms with Crippen LogP contribution in [0.2, 0.25) is 0 Å².